The fourth-order valence-electron chi connectivity index (χ4n) is 1.10. The highest BCUT2D eigenvalue weighted by atomic mass is 16.2. The van der Waals surface area contributed by atoms with Crippen LogP contribution in [0, 0.1) is 0 Å². The van der Waals surface area contributed by atoms with E-state index in [2.05, 4.69) is 9.58 Å². The monoisotopic (exact) mass is 308 g/mol. The maximum atomic E-state index is 10.6. The highest BCUT2D eigenvalue weighted by molar-refractivity contribution is 6.67. The summed E-state index contributed by atoms with van der Waals surface area (Å²) in [7, 11) is 0. The van der Waals surface area contributed by atoms with Crippen molar-refractivity contribution < 1.29 is 38.3 Å². The fraction of sp³-hybridized carbons (Fsp3) is 0. The summed E-state index contributed by atoms with van der Waals surface area (Å²) < 4.78 is 0. The number of carbonyl (C=O) groups excluding carboxylic acids is 6. The normalized spacial score (nSPS) is 17.1. The average molecular weight is 308 g/mol. The van der Waals surface area contributed by atoms with Crippen LogP contribution < -0.4 is 21.3 Å². The summed E-state index contributed by atoms with van der Waals surface area (Å²) in [6, 6.07) is -1.85. The van der Waals surface area contributed by atoms with Gasteiger partial charge in [-0.1, -0.05) is 0 Å². The molecule has 0 spiro atoms. The molecule has 0 aromatic heterocycles. The molecule has 112 valence electrons. The second-order valence-corrected chi connectivity index (χ2v) is 3.37. The Balaban J connectivity index is 0.000000220. The Labute approximate surface area is 119 Å². The van der Waals surface area contributed by atoms with Crippen LogP contribution in [0.25, 0.3) is 11.1 Å². The first-order valence-electron chi connectivity index (χ1n) is 5.07. The number of nitrogens with one attached hydrogen (secondary N) is 4. The number of rotatable bonds is 0. The lowest BCUT2D eigenvalue weighted by atomic mass is 10.3. The van der Waals surface area contributed by atoms with E-state index in [1.807, 2.05) is 0 Å². The Morgan fingerprint density at radius 3 is 0.955 bits per heavy atom. The van der Waals surface area contributed by atoms with Crippen LogP contribution in [0.15, 0.2) is 0 Å². The molecule has 2 rings (SSSR count). The first kappa shape index (κ1) is 16.0. The smallest absolute Gasteiger partial charge is 0.360 e. The van der Waals surface area contributed by atoms with Crippen molar-refractivity contribution >= 4 is 47.1 Å². The maximum Gasteiger partial charge on any atom is 0.443 e. The van der Waals surface area contributed by atoms with Gasteiger partial charge in [0.15, 0.2) is 0 Å². The summed E-state index contributed by atoms with van der Waals surface area (Å²) in [5.74, 6) is -4.05. The Morgan fingerprint density at radius 1 is 0.545 bits per heavy atom. The lowest BCUT2D eigenvalue weighted by Gasteiger charge is -2.05. The van der Waals surface area contributed by atoms with Crippen molar-refractivity contribution in [1.82, 2.24) is 21.3 Å². The van der Waals surface area contributed by atoms with Crippen molar-refractivity contribution in [3.63, 3.8) is 0 Å². The Bertz CT molecular complexity index is 619. The van der Waals surface area contributed by atoms with Crippen molar-refractivity contribution in [1.29, 1.82) is 0 Å². The predicted molar refractivity (Wildman–Crippen MR) is 60.6 cm³/mol. The quantitative estimate of drug-likeness (QED) is 0.258. The number of imide groups is 4. The lowest BCUT2D eigenvalue weighted by molar-refractivity contribution is -0.128. The molecule has 0 saturated carbocycles. The summed E-state index contributed by atoms with van der Waals surface area (Å²) in [4.78, 5) is 67.7. The number of nitrogens with zero attached hydrogens (tertiary/aromatic N) is 4. The molecule has 22 heavy (non-hydrogen) atoms. The van der Waals surface area contributed by atoms with Gasteiger partial charge in [-0.05, 0) is 0 Å². The van der Waals surface area contributed by atoms with Gasteiger partial charge in [-0.25, -0.2) is 9.59 Å². The molecule has 2 fully saturated rings. The molecular weight excluding hydrogens is 304 g/mol. The number of carbonyl (C=O) groups is 6. The van der Waals surface area contributed by atoms with E-state index in [4.69, 9.17) is 11.1 Å². The van der Waals surface area contributed by atoms with E-state index in [0.717, 1.165) is 0 Å². The lowest BCUT2D eigenvalue weighted by Crippen LogP contribution is -2.56. The van der Waals surface area contributed by atoms with Crippen LogP contribution in [-0.2, 0) is 19.2 Å². The third-order valence-electron chi connectivity index (χ3n) is 1.97. The Hall–Kier alpha value is -4.02. The van der Waals surface area contributed by atoms with Crippen LogP contribution in [-0.4, -0.2) is 56.7 Å². The number of hydrogen-bond acceptors (Lipinski definition) is 6. The van der Waals surface area contributed by atoms with E-state index >= 15 is 0 Å². The van der Waals surface area contributed by atoms with Crippen molar-refractivity contribution in [2.24, 2.45) is 0 Å². The molecule has 14 heteroatoms. The van der Waals surface area contributed by atoms with Crippen LogP contribution in [0.3, 0.4) is 0 Å². The molecule has 0 aliphatic carbocycles. The number of barbiturate groups is 2. The van der Waals surface area contributed by atoms with Crippen LogP contribution >= 0.6 is 0 Å². The van der Waals surface area contributed by atoms with Gasteiger partial charge < -0.3 is 11.1 Å². The molecule has 0 atom stereocenters. The largest absolute Gasteiger partial charge is 0.443 e. The molecule has 4 N–H and O–H groups in total. The number of hydrogen-bond donors (Lipinski definition) is 4. The molecule has 2 aliphatic rings. The van der Waals surface area contributed by atoms with Gasteiger partial charge in [0.05, 0.1) is 0 Å². The van der Waals surface area contributed by atoms with Crippen LogP contribution in [0.2, 0.25) is 0 Å². The van der Waals surface area contributed by atoms with E-state index in [-0.39, 0.29) is 0 Å². The zero-order valence-electron chi connectivity index (χ0n) is 10.2. The van der Waals surface area contributed by atoms with Crippen molar-refractivity contribution in [3.05, 3.63) is 11.1 Å². The van der Waals surface area contributed by atoms with Gasteiger partial charge in [-0.15, -0.1) is 0 Å². The summed E-state index contributed by atoms with van der Waals surface area (Å²) in [6.07, 6.45) is 0. The fourth-order valence-corrected chi connectivity index (χ4v) is 1.10. The highest BCUT2D eigenvalue weighted by Crippen LogP contribution is 1.83. The maximum absolute atomic E-state index is 10.6. The topological polar surface area (TPSA) is 223 Å². The van der Waals surface area contributed by atoms with Gasteiger partial charge in [-0.2, -0.15) is 9.58 Å². The first-order chi connectivity index (χ1) is 10.3. The van der Waals surface area contributed by atoms with Gasteiger partial charge in [0.1, 0.15) is 0 Å². The number of urea groups is 2. The molecule has 0 aromatic carbocycles. The molecule has 2 aliphatic heterocycles. The van der Waals surface area contributed by atoms with Crippen LogP contribution in [0.1, 0.15) is 0 Å². The first-order valence-corrected chi connectivity index (χ1v) is 5.07. The summed E-state index contributed by atoms with van der Waals surface area (Å²) in [5, 5.41) is 6.84. The van der Waals surface area contributed by atoms with Gasteiger partial charge in [0.2, 0.25) is 0 Å². The van der Waals surface area contributed by atoms with Gasteiger partial charge >= 0.3 is 47.1 Å². The third kappa shape index (κ3) is 3.51. The summed E-state index contributed by atoms with van der Waals surface area (Å²) >= 11 is 0. The van der Waals surface area contributed by atoms with Crippen molar-refractivity contribution in [2.45, 2.75) is 0 Å². The summed E-state index contributed by atoms with van der Waals surface area (Å²) in [5.41, 5.74) is 14.7. The molecule has 14 nitrogen and oxygen atoms in total. The minimum absolute atomic E-state index is 0.732. The van der Waals surface area contributed by atoms with E-state index in [0.29, 0.717) is 0 Å². The molecule has 2 saturated heterocycles. The Morgan fingerprint density at radius 2 is 0.773 bits per heavy atom. The van der Waals surface area contributed by atoms with Crippen LogP contribution in [0.4, 0.5) is 9.59 Å². The van der Waals surface area contributed by atoms with E-state index in [1.165, 1.54) is 0 Å². The predicted octanol–water partition coefficient (Wildman–Crippen LogP) is -3.95. The van der Waals surface area contributed by atoms with Gasteiger partial charge in [0.25, 0.3) is 0 Å². The molecular formula is C8H4N8O6. The van der Waals surface area contributed by atoms with E-state index in [9.17, 15) is 28.8 Å². The van der Waals surface area contributed by atoms with Gasteiger partial charge in [-0.3, -0.25) is 40.4 Å². The molecule has 2 heterocycles. The highest BCUT2D eigenvalue weighted by Gasteiger charge is 2.37. The third-order valence-corrected chi connectivity index (χ3v) is 1.97. The molecule has 8 amide bonds. The minimum Gasteiger partial charge on any atom is -0.360 e. The summed E-state index contributed by atoms with van der Waals surface area (Å²) in [6.45, 7) is 0. The molecule has 0 radical (unpaired) electrons. The number of amides is 8. The van der Waals surface area contributed by atoms with Crippen molar-refractivity contribution in [2.75, 3.05) is 0 Å². The zero-order chi connectivity index (χ0) is 16.9. The van der Waals surface area contributed by atoms with Gasteiger partial charge in [0, 0.05) is 0 Å². The van der Waals surface area contributed by atoms with E-state index < -0.39 is 47.1 Å². The van der Waals surface area contributed by atoms with Crippen molar-refractivity contribution in [3.8, 4) is 0 Å². The average Bonchev–Trinajstić information content (AvgIpc) is 2.38. The second-order valence-electron chi connectivity index (χ2n) is 3.37. The molecule has 0 aromatic rings. The standard InChI is InChI=1S/2C4H2N4O3/c2*5-8-1-2(9)6-4(11)7-3(1)10/h2*(H2,6,7,9,10,11). The Kier molecular flexibility index (Phi) is 4.68. The minimum atomic E-state index is -1.01. The second kappa shape index (κ2) is 6.42. The van der Waals surface area contributed by atoms with E-state index in [1.54, 1.807) is 21.3 Å². The SMILES string of the molecule is [N-]=[N+]=C1C(=O)NC(=O)NC1=O.[N-]=[N+]=C1C(=O)NC(=O)NC1=O. The molecule has 0 bridgehead atoms. The zero-order valence-corrected chi connectivity index (χ0v) is 10.2. The van der Waals surface area contributed by atoms with Crippen LogP contribution in [0.5, 0.6) is 0 Å². The molecule has 0 unspecified atom stereocenters.